The van der Waals surface area contributed by atoms with Crippen molar-refractivity contribution in [2.75, 3.05) is 6.61 Å². The average Bonchev–Trinajstić information content (AvgIpc) is 3.10. The van der Waals surface area contributed by atoms with Crippen LogP contribution < -0.4 is 5.32 Å². The van der Waals surface area contributed by atoms with Crippen molar-refractivity contribution in [2.45, 2.75) is 26.8 Å². The molecule has 0 aliphatic carbocycles. The minimum absolute atomic E-state index is 0.145. The summed E-state index contributed by atoms with van der Waals surface area (Å²) in [7, 11) is 0. The molecule has 130 valence electrons. The van der Waals surface area contributed by atoms with Crippen LogP contribution in [0.4, 0.5) is 4.79 Å². The van der Waals surface area contributed by atoms with E-state index in [-0.39, 0.29) is 6.04 Å². The van der Waals surface area contributed by atoms with E-state index in [0.29, 0.717) is 6.61 Å². The number of hydrogen-bond donors (Lipinski definition) is 1. The molecule has 1 aliphatic rings. The van der Waals surface area contributed by atoms with E-state index >= 15 is 0 Å². The zero-order valence-electron chi connectivity index (χ0n) is 15.0. The fraction of sp³-hybridized carbons (Fsp3) is 0.238. The summed E-state index contributed by atoms with van der Waals surface area (Å²) in [5, 5.41) is 2.72. The highest BCUT2D eigenvalue weighted by molar-refractivity contribution is 5.70. The van der Waals surface area contributed by atoms with Crippen molar-refractivity contribution in [3.8, 4) is 11.8 Å². The molecule has 1 saturated heterocycles. The van der Waals surface area contributed by atoms with Crippen molar-refractivity contribution in [2.24, 2.45) is 0 Å². The van der Waals surface area contributed by atoms with Gasteiger partial charge in [0.2, 0.25) is 0 Å². The summed E-state index contributed by atoms with van der Waals surface area (Å²) in [6.45, 7) is 9.58. The van der Waals surface area contributed by atoms with Gasteiger partial charge in [-0.2, -0.15) is 0 Å². The minimum atomic E-state index is -0.393. The predicted octanol–water partition coefficient (Wildman–Crippen LogP) is 4.48. The van der Waals surface area contributed by atoms with Gasteiger partial charge >= 0.3 is 6.09 Å². The summed E-state index contributed by atoms with van der Waals surface area (Å²) >= 11 is 0. The maximum absolute atomic E-state index is 11.0. The number of cyclic esters (lactones) is 1. The average molecular weight is 336 g/mol. The largest absolute Gasteiger partial charge is 0.447 e. The first-order valence-electron chi connectivity index (χ1n) is 8.25. The van der Waals surface area contributed by atoms with E-state index in [1.165, 1.54) is 0 Å². The quantitative estimate of drug-likeness (QED) is 0.617. The Hall–Kier alpha value is -3.06. The summed E-state index contributed by atoms with van der Waals surface area (Å²) in [6, 6.07) is 11.5. The van der Waals surface area contributed by atoms with Gasteiger partial charge in [0.15, 0.2) is 0 Å². The monoisotopic (exact) mass is 336 g/mol. The van der Waals surface area contributed by atoms with E-state index in [9.17, 15) is 4.79 Å². The van der Waals surface area contributed by atoms with Crippen LogP contribution in [-0.2, 0) is 4.74 Å². The van der Waals surface area contributed by atoms with Crippen molar-refractivity contribution in [1.82, 2.24) is 10.3 Å². The van der Waals surface area contributed by atoms with E-state index in [4.69, 9.17) is 4.74 Å². The van der Waals surface area contributed by atoms with Crippen LogP contribution >= 0.6 is 0 Å². The fourth-order valence-corrected chi connectivity index (χ4v) is 1.95. The lowest BCUT2D eigenvalue weighted by molar-refractivity contribution is 0.177. The summed E-state index contributed by atoms with van der Waals surface area (Å²) < 4.78 is 4.88. The van der Waals surface area contributed by atoms with E-state index in [2.05, 4.69) is 28.7 Å². The maximum Gasteiger partial charge on any atom is 0.407 e. The molecule has 1 fully saturated rings. The van der Waals surface area contributed by atoms with E-state index in [1.807, 2.05) is 57.2 Å². The van der Waals surface area contributed by atoms with Crippen molar-refractivity contribution in [3.05, 3.63) is 78.1 Å². The Balaban J connectivity index is 0.000000567. The second-order valence-corrected chi connectivity index (χ2v) is 4.83. The number of ether oxygens (including phenoxy) is 1. The van der Waals surface area contributed by atoms with Crippen LogP contribution in [0.3, 0.4) is 0 Å². The maximum atomic E-state index is 11.0. The molecule has 0 bridgehead atoms. The molecule has 1 amide bonds. The first kappa shape index (κ1) is 20.0. The third kappa shape index (κ3) is 6.92. The van der Waals surface area contributed by atoms with Gasteiger partial charge in [0.05, 0.1) is 6.04 Å². The van der Waals surface area contributed by atoms with E-state index < -0.39 is 6.09 Å². The van der Waals surface area contributed by atoms with Gasteiger partial charge in [0, 0.05) is 23.5 Å². The molecule has 1 aliphatic heterocycles. The standard InChI is InChI=1S/C16H12N2O2.C3H6.C2H6/c19-16-18-15(11-20-16)14-8-13(9-17-10-14)7-6-12-4-2-1-3-5-12;1-3-2;1-2/h1-5,8-10,15H,11H2,(H,18,19);3H,1H2,2H3;1-2H3/t15-;;/m0../s1. The predicted molar refractivity (Wildman–Crippen MR) is 101 cm³/mol. The van der Waals surface area contributed by atoms with Crippen LogP contribution in [-0.4, -0.2) is 17.7 Å². The number of hydrogen-bond acceptors (Lipinski definition) is 3. The number of nitrogens with one attached hydrogen (secondary N) is 1. The van der Waals surface area contributed by atoms with Gasteiger partial charge in [-0.1, -0.05) is 50.0 Å². The number of aromatic nitrogens is 1. The van der Waals surface area contributed by atoms with Crippen LogP contribution in [0, 0.1) is 11.8 Å². The molecule has 0 spiro atoms. The molecule has 1 N–H and O–H groups in total. The smallest absolute Gasteiger partial charge is 0.407 e. The molecule has 1 aromatic carbocycles. The van der Waals surface area contributed by atoms with Crippen molar-refractivity contribution in [3.63, 3.8) is 0 Å². The van der Waals surface area contributed by atoms with Gasteiger partial charge in [0.1, 0.15) is 6.61 Å². The normalized spacial score (nSPS) is 14.2. The van der Waals surface area contributed by atoms with Gasteiger partial charge in [-0.15, -0.1) is 6.58 Å². The summed E-state index contributed by atoms with van der Waals surface area (Å²) in [4.78, 5) is 15.2. The summed E-state index contributed by atoms with van der Waals surface area (Å²) in [5.74, 6) is 6.15. The number of allylic oxidation sites excluding steroid dienone is 1. The molecule has 25 heavy (non-hydrogen) atoms. The second kappa shape index (κ2) is 11.5. The topological polar surface area (TPSA) is 51.2 Å². The number of carbonyl (C=O) groups is 1. The molecule has 0 radical (unpaired) electrons. The first-order valence-corrected chi connectivity index (χ1v) is 8.25. The number of alkyl carbamates (subject to hydrolysis) is 1. The van der Waals surface area contributed by atoms with Crippen LogP contribution in [0.2, 0.25) is 0 Å². The molecule has 1 atom stereocenters. The number of benzene rings is 1. The van der Waals surface area contributed by atoms with Gasteiger partial charge in [-0.05, 0) is 30.7 Å². The van der Waals surface area contributed by atoms with Crippen LogP contribution in [0.15, 0.2) is 61.4 Å². The highest BCUT2D eigenvalue weighted by atomic mass is 16.6. The lowest BCUT2D eigenvalue weighted by Crippen LogP contribution is -2.18. The Morgan fingerprint density at radius 2 is 1.84 bits per heavy atom. The van der Waals surface area contributed by atoms with Gasteiger partial charge in [-0.3, -0.25) is 4.98 Å². The van der Waals surface area contributed by atoms with Crippen LogP contribution in [0.25, 0.3) is 0 Å². The van der Waals surface area contributed by atoms with E-state index in [1.54, 1.807) is 18.5 Å². The number of nitrogens with zero attached hydrogens (tertiary/aromatic N) is 1. The number of carbonyl (C=O) groups excluding carboxylic acids is 1. The highest BCUT2D eigenvalue weighted by Crippen LogP contribution is 2.17. The lowest BCUT2D eigenvalue weighted by Gasteiger charge is -2.06. The van der Waals surface area contributed by atoms with Crippen molar-refractivity contribution >= 4 is 6.09 Å². The summed E-state index contributed by atoms with van der Waals surface area (Å²) in [5.41, 5.74) is 2.67. The fourth-order valence-electron chi connectivity index (χ4n) is 1.95. The molecule has 2 heterocycles. The Morgan fingerprint density at radius 3 is 2.44 bits per heavy atom. The molecule has 1 aromatic heterocycles. The van der Waals surface area contributed by atoms with Crippen LogP contribution in [0.5, 0.6) is 0 Å². The Morgan fingerprint density at radius 1 is 1.20 bits per heavy atom. The second-order valence-electron chi connectivity index (χ2n) is 4.83. The highest BCUT2D eigenvalue weighted by Gasteiger charge is 2.23. The Kier molecular flexibility index (Phi) is 9.17. The third-order valence-corrected chi connectivity index (χ3v) is 2.96. The zero-order valence-corrected chi connectivity index (χ0v) is 15.0. The molecule has 4 heteroatoms. The molecular formula is C21H24N2O2. The molecular weight excluding hydrogens is 312 g/mol. The summed E-state index contributed by atoms with van der Waals surface area (Å²) in [6.07, 6.45) is 4.78. The third-order valence-electron chi connectivity index (χ3n) is 2.96. The van der Waals surface area contributed by atoms with Crippen molar-refractivity contribution < 1.29 is 9.53 Å². The van der Waals surface area contributed by atoms with Gasteiger partial charge < -0.3 is 10.1 Å². The number of pyridine rings is 1. The SMILES string of the molecule is C=CC.CC.O=C1N[C@H](c2cncc(C#Cc3ccccc3)c2)CO1. The van der Waals surface area contributed by atoms with E-state index in [0.717, 1.165) is 16.7 Å². The van der Waals surface area contributed by atoms with Gasteiger partial charge in [0.25, 0.3) is 0 Å². The number of amides is 1. The Labute approximate surface area is 149 Å². The Bertz CT molecular complexity index is 730. The minimum Gasteiger partial charge on any atom is -0.447 e. The zero-order chi connectivity index (χ0) is 18.5. The number of rotatable bonds is 1. The first-order chi connectivity index (χ1) is 12.2. The lowest BCUT2D eigenvalue weighted by atomic mass is 10.1. The molecule has 2 aromatic rings. The molecule has 0 saturated carbocycles. The van der Waals surface area contributed by atoms with Crippen LogP contribution in [0.1, 0.15) is 43.5 Å². The molecule has 0 unspecified atom stereocenters. The van der Waals surface area contributed by atoms with Crippen molar-refractivity contribution in [1.29, 1.82) is 0 Å². The molecule has 3 rings (SSSR count). The molecule has 4 nitrogen and oxygen atoms in total. The van der Waals surface area contributed by atoms with Gasteiger partial charge in [-0.25, -0.2) is 4.79 Å².